The monoisotopic (exact) mass is 533 g/mol. The number of likely N-dealkylation sites (tertiary alicyclic amines) is 1. The number of rotatable bonds is 3. The van der Waals surface area contributed by atoms with Gasteiger partial charge >= 0.3 is 6.09 Å². The fraction of sp³-hybridized carbons (Fsp3) is 0.333. The van der Waals surface area contributed by atoms with Gasteiger partial charge in [0, 0.05) is 12.1 Å². The van der Waals surface area contributed by atoms with Crippen LogP contribution in [0.1, 0.15) is 45.5 Å². The fourth-order valence-corrected chi connectivity index (χ4v) is 4.44. The summed E-state index contributed by atoms with van der Waals surface area (Å²) < 4.78 is 20.9. The summed E-state index contributed by atoms with van der Waals surface area (Å²) in [5.74, 6) is 0.419. The maximum atomic E-state index is 14.7. The second-order valence-corrected chi connectivity index (χ2v) is 9.78. The van der Waals surface area contributed by atoms with Crippen molar-refractivity contribution < 1.29 is 13.9 Å². The van der Waals surface area contributed by atoms with Gasteiger partial charge in [-0.05, 0) is 79.5 Å². The minimum Gasteiger partial charge on any atom is -0.444 e. The number of imidazole rings is 1. The van der Waals surface area contributed by atoms with Crippen molar-refractivity contribution in [1.82, 2.24) is 14.9 Å². The number of H-pyrrole nitrogens is 1. The van der Waals surface area contributed by atoms with Crippen molar-refractivity contribution in [2.24, 2.45) is 0 Å². The third-order valence-corrected chi connectivity index (χ3v) is 6.31. The number of benzene rings is 2. The molecule has 3 aromatic rings. The SMILES string of the molecule is CC(C)(C)OC(=O)N1CCC[C@H]1c1ncc(-c2cc(F)c(I)c(-c3ccccc3)c2)[nH]1. The van der Waals surface area contributed by atoms with Crippen LogP contribution in [-0.4, -0.2) is 33.1 Å². The van der Waals surface area contributed by atoms with Gasteiger partial charge in [0.1, 0.15) is 17.2 Å². The Balaban J connectivity index is 1.63. The Labute approximate surface area is 195 Å². The molecule has 1 aliphatic heterocycles. The molecule has 1 aliphatic rings. The van der Waals surface area contributed by atoms with Gasteiger partial charge in [0.05, 0.1) is 21.5 Å². The molecule has 0 bridgehead atoms. The van der Waals surface area contributed by atoms with E-state index in [0.29, 0.717) is 15.9 Å². The third kappa shape index (κ3) is 4.76. The number of hydrogen-bond donors (Lipinski definition) is 1. The largest absolute Gasteiger partial charge is 0.444 e. The molecule has 1 aromatic heterocycles. The van der Waals surface area contributed by atoms with Crippen molar-refractivity contribution in [2.45, 2.75) is 45.3 Å². The first-order valence-corrected chi connectivity index (χ1v) is 11.4. The van der Waals surface area contributed by atoms with Crippen LogP contribution in [0.15, 0.2) is 48.7 Å². The summed E-state index contributed by atoms with van der Waals surface area (Å²) in [5, 5.41) is 0. The van der Waals surface area contributed by atoms with E-state index in [0.717, 1.165) is 35.2 Å². The lowest BCUT2D eigenvalue weighted by molar-refractivity contribution is 0.0218. The lowest BCUT2D eigenvalue weighted by atomic mass is 10.0. The van der Waals surface area contributed by atoms with Crippen LogP contribution in [0.4, 0.5) is 9.18 Å². The zero-order valence-corrected chi connectivity index (χ0v) is 19.9. The Morgan fingerprint density at radius 3 is 2.68 bits per heavy atom. The Morgan fingerprint density at radius 2 is 1.97 bits per heavy atom. The molecular formula is C24H25FIN3O2. The summed E-state index contributed by atoms with van der Waals surface area (Å²) in [4.78, 5) is 22.2. The van der Waals surface area contributed by atoms with E-state index in [2.05, 4.69) is 9.97 Å². The minimum absolute atomic E-state index is 0.175. The maximum Gasteiger partial charge on any atom is 0.410 e. The smallest absolute Gasteiger partial charge is 0.410 e. The summed E-state index contributed by atoms with van der Waals surface area (Å²) in [7, 11) is 0. The van der Waals surface area contributed by atoms with Crippen LogP contribution >= 0.6 is 22.6 Å². The molecule has 5 nitrogen and oxygen atoms in total. The first-order chi connectivity index (χ1) is 14.7. The topological polar surface area (TPSA) is 58.2 Å². The number of hydrogen-bond acceptors (Lipinski definition) is 3. The molecule has 1 amide bonds. The molecule has 7 heteroatoms. The number of nitrogens with one attached hydrogen (secondary N) is 1. The molecule has 162 valence electrons. The Kier molecular flexibility index (Phi) is 6.05. The molecule has 2 heterocycles. The molecule has 1 N–H and O–H groups in total. The second kappa shape index (κ2) is 8.61. The van der Waals surface area contributed by atoms with E-state index in [1.54, 1.807) is 11.1 Å². The van der Waals surface area contributed by atoms with E-state index >= 15 is 0 Å². The number of aromatic nitrogens is 2. The number of aromatic amines is 1. The zero-order chi connectivity index (χ0) is 22.2. The summed E-state index contributed by atoms with van der Waals surface area (Å²) >= 11 is 2.04. The number of ether oxygens (including phenoxy) is 1. The predicted octanol–water partition coefficient (Wildman–Crippen LogP) is 6.56. The highest BCUT2D eigenvalue weighted by Gasteiger charge is 2.34. The highest BCUT2D eigenvalue weighted by atomic mass is 127. The molecule has 31 heavy (non-hydrogen) atoms. The molecular weight excluding hydrogens is 508 g/mol. The van der Waals surface area contributed by atoms with Gasteiger partial charge in [-0.3, -0.25) is 4.90 Å². The number of nitrogens with zero attached hydrogens (tertiary/aromatic N) is 2. The summed E-state index contributed by atoms with van der Waals surface area (Å²) in [6.07, 6.45) is 3.07. The van der Waals surface area contributed by atoms with E-state index in [9.17, 15) is 9.18 Å². The first-order valence-electron chi connectivity index (χ1n) is 10.3. The molecule has 0 radical (unpaired) electrons. The summed E-state index contributed by atoms with van der Waals surface area (Å²) in [6.45, 7) is 6.20. The van der Waals surface area contributed by atoms with Crippen LogP contribution in [0.25, 0.3) is 22.4 Å². The molecule has 1 fully saturated rings. The molecule has 1 atom stereocenters. The number of halogens is 2. The van der Waals surface area contributed by atoms with Gasteiger partial charge in [0.2, 0.25) is 0 Å². The van der Waals surface area contributed by atoms with Gasteiger partial charge in [-0.25, -0.2) is 14.2 Å². The van der Waals surface area contributed by atoms with E-state index in [1.165, 1.54) is 6.07 Å². The van der Waals surface area contributed by atoms with Crippen molar-refractivity contribution in [2.75, 3.05) is 6.54 Å². The average molecular weight is 533 g/mol. The van der Waals surface area contributed by atoms with Crippen LogP contribution in [0.5, 0.6) is 0 Å². The predicted molar refractivity (Wildman–Crippen MR) is 127 cm³/mol. The van der Waals surface area contributed by atoms with Crippen molar-refractivity contribution >= 4 is 28.7 Å². The van der Waals surface area contributed by atoms with Crippen molar-refractivity contribution in [1.29, 1.82) is 0 Å². The number of carbonyl (C=O) groups excluding carboxylic acids is 1. The van der Waals surface area contributed by atoms with Crippen LogP contribution < -0.4 is 0 Å². The van der Waals surface area contributed by atoms with Crippen LogP contribution in [0.2, 0.25) is 0 Å². The molecule has 0 unspecified atom stereocenters. The van der Waals surface area contributed by atoms with Crippen molar-refractivity contribution in [3.05, 3.63) is 63.9 Å². The number of amides is 1. The first kappa shape index (κ1) is 21.8. The van der Waals surface area contributed by atoms with E-state index in [4.69, 9.17) is 4.74 Å². The Bertz CT molecular complexity index is 1090. The molecule has 1 saturated heterocycles. The Hall–Kier alpha value is -2.42. The normalized spacial score (nSPS) is 16.5. The summed E-state index contributed by atoms with van der Waals surface area (Å²) in [6, 6.07) is 13.1. The van der Waals surface area contributed by atoms with Gasteiger partial charge in [-0.1, -0.05) is 30.3 Å². The van der Waals surface area contributed by atoms with Crippen molar-refractivity contribution in [3.63, 3.8) is 0 Å². The van der Waals surface area contributed by atoms with Crippen LogP contribution in [-0.2, 0) is 4.74 Å². The third-order valence-electron chi connectivity index (χ3n) is 5.22. The molecule has 0 spiro atoms. The summed E-state index contributed by atoms with van der Waals surface area (Å²) in [5.41, 5.74) is 2.68. The highest BCUT2D eigenvalue weighted by molar-refractivity contribution is 14.1. The quantitative estimate of drug-likeness (QED) is 0.388. The lowest BCUT2D eigenvalue weighted by Gasteiger charge is -2.27. The van der Waals surface area contributed by atoms with E-state index in [1.807, 2.05) is 79.8 Å². The van der Waals surface area contributed by atoms with E-state index in [-0.39, 0.29) is 18.0 Å². The molecule has 0 saturated carbocycles. The maximum absolute atomic E-state index is 14.7. The van der Waals surface area contributed by atoms with Crippen LogP contribution in [0.3, 0.4) is 0 Å². The van der Waals surface area contributed by atoms with Gasteiger partial charge < -0.3 is 9.72 Å². The van der Waals surface area contributed by atoms with Crippen LogP contribution in [0, 0.1) is 9.39 Å². The Morgan fingerprint density at radius 1 is 1.23 bits per heavy atom. The average Bonchev–Trinajstić information content (AvgIpc) is 3.38. The molecule has 0 aliphatic carbocycles. The lowest BCUT2D eigenvalue weighted by Crippen LogP contribution is -2.36. The van der Waals surface area contributed by atoms with Crippen molar-refractivity contribution in [3.8, 4) is 22.4 Å². The minimum atomic E-state index is -0.550. The zero-order valence-electron chi connectivity index (χ0n) is 17.8. The highest BCUT2D eigenvalue weighted by Crippen LogP contribution is 2.35. The van der Waals surface area contributed by atoms with Gasteiger partial charge in [0.25, 0.3) is 0 Å². The number of carbonyl (C=O) groups is 1. The second-order valence-electron chi connectivity index (χ2n) is 8.70. The van der Waals surface area contributed by atoms with E-state index < -0.39 is 5.60 Å². The molecule has 2 aromatic carbocycles. The van der Waals surface area contributed by atoms with Gasteiger partial charge in [-0.15, -0.1) is 0 Å². The van der Waals surface area contributed by atoms with Gasteiger partial charge in [-0.2, -0.15) is 0 Å². The van der Waals surface area contributed by atoms with Gasteiger partial charge in [0.15, 0.2) is 0 Å². The molecule has 4 rings (SSSR count). The fourth-order valence-electron chi connectivity index (χ4n) is 3.82. The standard InChI is InChI=1S/C24H25FIN3O2/c1-24(2,3)31-23(30)29-11-7-10-20(29)22-27-14-19(28-22)16-12-17(21(26)18(25)13-16)15-8-5-4-6-9-15/h4-6,8-9,12-14,20H,7,10-11H2,1-3H3,(H,27,28)/t20-/m0/s1.